The molecule has 6 heteroatoms. The molecule has 0 heterocycles. The Bertz CT molecular complexity index is 732. The maximum absolute atomic E-state index is 13.2. The van der Waals surface area contributed by atoms with Crippen LogP contribution in [0.1, 0.15) is 41.0 Å². The van der Waals surface area contributed by atoms with E-state index in [0.717, 1.165) is 18.1 Å². The van der Waals surface area contributed by atoms with Gasteiger partial charge in [-0.05, 0) is 36.7 Å². The first-order chi connectivity index (χ1) is 12.7. The highest BCUT2D eigenvalue weighted by molar-refractivity contribution is 7.95. The summed E-state index contributed by atoms with van der Waals surface area (Å²) in [4.78, 5) is 0.595. The van der Waals surface area contributed by atoms with Crippen molar-refractivity contribution in [1.29, 1.82) is 0 Å². The Kier molecular flexibility index (Phi) is 7.47. The molecule has 1 aromatic rings. The largest absolute Gasteiger partial charge is 0.413 e. The minimum Gasteiger partial charge on any atom is -0.413 e. The fraction of sp³-hybridized carbons (Fsp3) is 0.619. The zero-order chi connectivity index (χ0) is 20.2. The van der Waals surface area contributed by atoms with Crippen LogP contribution in [0.25, 0.3) is 0 Å². The van der Waals surface area contributed by atoms with Crippen LogP contribution in [0.4, 0.5) is 0 Å². The van der Waals surface area contributed by atoms with Crippen LogP contribution in [0.5, 0.6) is 0 Å². The third kappa shape index (κ3) is 4.55. The smallest absolute Gasteiger partial charge is 0.202 e. The van der Waals surface area contributed by atoms with Crippen molar-refractivity contribution in [2.24, 2.45) is 11.8 Å². The molecule has 4 nitrogen and oxygen atoms in total. The highest BCUT2D eigenvalue weighted by atomic mass is 32.2. The van der Waals surface area contributed by atoms with Gasteiger partial charge in [0.25, 0.3) is 0 Å². The molecule has 0 amide bonds. The Labute approximate surface area is 165 Å². The molecule has 0 radical (unpaired) electrons. The average molecular weight is 411 g/mol. The molecule has 27 heavy (non-hydrogen) atoms. The molecule has 0 saturated carbocycles. The number of aliphatic hydroxyl groups is 1. The lowest BCUT2D eigenvalue weighted by molar-refractivity contribution is 0.0159. The van der Waals surface area contributed by atoms with Crippen molar-refractivity contribution < 1.29 is 18.0 Å². The van der Waals surface area contributed by atoms with Crippen molar-refractivity contribution in [1.82, 2.24) is 0 Å². The molecule has 0 spiro atoms. The molecule has 152 valence electrons. The average Bonchev–Trinajstić information content (AvgIpc) is 2.79. The van der Waals surface area contributed by atoms with E-state index < -0.39 is 30.2 Å². The van der Waals surface area contributed by atoms with E-state index in [9.17, 15) is 13.5 Å². The molecule has 1 N–H and O–H groups in total. The van der Waals surface area contributed by atoms with Gasteiger partial charge in [0.2, 0.25) is 9.84 Å². The van der Waals surface area contributed by atoms with E-state index in [1.807, 2.05) is 6.92 Å². The van der Waals surface area contributed by atoms with Crippen LogP contribution in [-0.2, 0) is 14.3 Å². The molecule has 1 aromatic carbocycles. The van der Waals surface area contributed by atoms with Gasteiger partial charge in [-0.1, -0.05) is 58.9 Å². The van der Waals surface area contributed by atoms with Crippen LogP contribution in [0.15, 0.2) is 46.2 Å². The standard InChI is InChI=1S/C21H34O4SSi/c1-6-27(7-2,8-3)25-19-14-15-20(17(5)21(22)16(19)4)26(23,24)18-12-10-9-11-13-18/h9-13,15-17,19,21-22H,6-8,14H2,1-5H3/t16-,17-,19+,21-/m0/s1. The van der Waals surface area contributed by atoms with Gasteiger partial charge in [0.1, 0.15) is 0 Å². The number of benzene rings is 1. The molecule has 0 saturated heterocycles. The van der Waals surface area contributed by atoms with Crippen molar-refractivity contribution in [3.8, 4) is 0 Å². The van der Waals surface area contributed by atoms with E-state index in [-0.39, 0.29) is 16.9 Å². The summed E-state index contributed by atoms with van der Waals surface area (Å²) in [6.45, 7) is 10.3. The number of aliphatic hydroxyl groups excluding tert-OH is 1. The van der Waals surface area contributed by atoms with Gasteiger partial charge in [-0.3, -0.25) is 0 Å². The number of hydrogen-bond donors (Lipinski definition) is 1. The van der Waals surface area contributed by atoms with Crippen molar-refractivity contribution in [3.63, 3.8) is 0 Å². The maximum Gasteiger partial charge on any atom is 0.202 e. The molecular weight excluding hydrogens is 376 g/mol. The molecule has 1 aliphatic rings. The quantitative estimate of drug-likeness (QED) is 0.658. The lowest BCUT2D eigenvalue weighted by Gasteiger charge is -2.37. The molecule has 0 aliphatic heterocycles. The van der Waals surface area contributed by atoms with Gasteiger partial charge in [0.05, 0.1) is 22.0 Å². The molecule has 0 fully saturated rings. The van der Waals surface area contributed by atoms with Gasteiger partial charge in [-0.2, -0.15) is 0 Å². The van der Waals surface area contributed by atoms with Crippen LogP contribution >= 0.6 is 0 Å². The summed E-state index contributed by atoms with van der Waals surface area (Å²) >= 11 is 0. The Morgan fingerprint density at radius 1 is 1.07 bits per heavy atom. The first-order valence-electron chi connectivity index (χ1n) is 10.1. The van der Waals surface area contributed by atoms with E-state index in [0.29, 0.717) is 11.3 Å². The minimum atomic E-state index is -3.62. The summed E-state index contributed by atoms with van der Waals surface area (Å²) in [5.41, 5.74) is 0. The normalized spacial score (nSPS) is 27.1. The van der Waals surface area contributed by atoms with Crippen molar-refractivity contribution in [3.05, 3.63) is 41.3 Å². The number of sulfone groups is 1. The molecule has 0 bridgehead atoms. The lowest BCUT2D eigenvalue weighted by Crippen LogP contribution is -2.44. The third-order valence-corrected chi connectivity index (χ3v) is 13.1. The van der Waals surface area contributed by atoms with Gasteiger partial charge in [0.15, 0.2) is 8.32 Å². The summed E-state index contributed by atoms with van der Waals surface area (Å²) < 4.78 is 32.9. The second-order valence-corrected chi connectivity index (χ2v) is 14.4. The van der Waals surface area contributed by atoms with E-state index >= 15 is 0 Å². The molecule has 2 rings (SSSR count). The van der Waals surface area contributed by atoms with Crippen molar-refractivity contribution in [2.75, 3.05) is 0 Å². The Hall–Kier alpha value is -0.953. The zero-order valence-electron chi connectivity index (χ0n) is 17.2. The van der Waals surface area contributed by atoms with Gasteiger partial charge >= 0.3 is 0 Å². The predicted molar refractivity (Wildman–Crippen MR) is 113 cm³/mol. The van der Waals surface area contributed by atoms with E-state index in [4.69, 9.17) is 4.43 Å². The van der Waals surface area contributed by atoms with Crippen molar-refractivity contribution >= 4 is 18.2 Å². The zero-order valence-corrected chi connectivity index (χ0v) is 19.0. The Balaban J connectivity index is 2.39. The topological polar surface area (TPSA) is 63.6 Å². The van der Waals surface area contributed by atoms with Crippen molar-refractivity contribution in [2.45, 2.75) is 76.3 Å². The first kappa shape index (κ1) is 22.3. The summed E-state index contributed by atoms with van der Waals surface area (Å²) in [6, 6.07) is 11.6. The lowest BCUT2D eigenvalue weighted by atomic mass is 9.91. The van der Waals surface area contributed by atoms with E-state index in [2.05, 4.69) is 20.8 Å². The number of hydrogen-bond acceptors (Lipinski definition) is 4. The summed E-state index contributed by atoms with van der Waals surface area (Å²) in [6.07, 6.45) is 1.43. The van der Waals surface area contributed by atoms with Gasteiger partial charge < -0.3 is 9.53 Å². The summed E-state index contributed by atoms with van der Waals surface area (Å²) in [5.74, 6) is -0.573. The predicted octanol–water partition coefficient (Wildman–Crippen LogP) is 4.77. The SMILES string of the molecule is CC[Si](CC)(CC)O[C@@H]1CC=C(S(=O)(=O)c2ccccc2)[C@H](C)[C@@H](O)[C@H]1C. The third-order valence-electron chi connectivity index (χ3n) is 6.34. The maximum atomic E-state index is 13.2. The Morgan fingerprint density at radius 2 is 1.63 bits per heavy atom. The van der Waals surface area contributed by atoms with E-state index in [1.165, 1.54) is 0 Å². The first-order valence-corrected chi connectivity index (χ1v) is 14.1. The fourth-order valence-corrected chi connectivity index (χ4v) is 8.73. The monoisotopic (exact) mass is 410 g/mol. The summed E-state index contributed by atoms with van der Waals surface area (Å²) in [7, 11) is -5.46. The van der Waals surface area contributed by atoms with Gasteiger partial charge in [-0.25, -0.2) is 8.42 Å². The van der Waals surface area contributed by atoms with Gasteiger partial charge in [0, 0.05) is 11.8 Å². The molecule has 1 aliphatic carbocycles. The molecule has 0 unspecified atom stereocenters. The van der Waals surface area contributed by atoms with Crippen LogP contribution in [-0.4, -0.2) is 34.0 Å². The molecular formula is C21H34O4SSi. The molecule has 0 aromatic heterocycles. The highest BCUT2D eigenvalue weighted by Crippen LogP contribution is 2.37. The second-order valence-electron chi connectivity index (χ2n) is 7.70. The number of rotatable bonds is 7. The van der Waals surface area contributed by atoms with Crippen LogP contribution in [0.3, 0.4) is 0 Å². The molecule has 4 atom stereocenters. The Morgan fingerprint density at radius 3 is 2.15 bits per heavy atom. The van der Waals surface area contributed by atoms with Gasteiger partial charge in [-0.15, -0.1) is 0 Å². The summed E-state index contributed by atoms with van der Waals surface area (Å²) in [5, 5.41) is 10.9. The second kappa shape index (κ2) is 9.03. The fourth-order valence-electron chi connectivity index (χ4n) is 4.04. The minimum absolute atomic E-state index is 0.115. The van der Waals surface area contributed by atoms with Crippen LogP contribution < -0.4 is 0 Å². The van der Waals surface area contributed by atoms with Crippen LogP contribution in [0, 0.1) is 11.8 Å². The van der Waals surface area contributed by atoms with E-state index in [1.54, 1.807) is 43.3 Å². The highest BCUT2D eigenvalue weighted by Gasteiger charge is 2.41. The van der Waals surface area contributed by atoms with Crippen LogP contribution in [0.2, 0.25) is 18.1 Å².